The number of aliphatic hydroxyl groups excluding tert-OH is 1. The second kappa shape index (κ2) is 10.3. The summed E-state index contributed by atoms with van der Waals surface area (Å²) in [6.07, 6.45) is 2.00. The van der Waals surface area contributed by atoms with Crippen molar-refractivity contribution in [2.24, 2.45) is 17.8 Å². The van der Waals surface area contributed by atoms with Gasteiger partial charge in [0.25, 0.3) is 0 Å². The Morgan fingerprint density at radius 3 is 2.41 bits per heavy atom. The van der Waals surface area contributed by atoms with Crippen molar-refractivity contribution in [2.45, 2.75) is 138 Å². The summed E-state index contributed by atoms with van der Waals surface area (Å²) in [6.45, 7) is 16.8. The summed E-state index contributed by atoms with van der Waals surface area (Å²) in [7, 11) is 0. The highest BCUT2D eigenvalue weighted by Gasteiger charge is 2.91. The number of carboxylic acids is 1. The van der Waals surface area contributed by atoms with Gasteiger partial charge in [-0.2, -0.15) is 0 Å². The molecule has 3 unspecified atom stereocenters. The zero-order valence-electron chi connectivity index (χ0n) is 29.2. The highest BCUT2D eigenvalue weighted by Crippen LogP contribution is 2.72. The number of ketones is 2. The van der Waals surface area contributed by atoms with Gasteiger partial charge < -0.3 is 34.6 Å². The van der Waals surface area contributed by atoms with Crippen LogP contribution in [0, 0.1) is 17.8 Å². The number of fused-ring (bicyclic) bond motifs is 5. The van der Waals surface area contributed by atoms with E-state index in [1.807, 2.05) is 27.7 Å². The molecule has 1 saturated heterocycles. The molecule has 5 fully saturated rings. The van der Waals surface area contributed by atoms with Crippen LogP contribution in [0.1, 0.15) is 114 Å². The van der Waals surface area contributed by atoms with Gasteiger partial charge in [0.15, 0.2) is 22.6 Å². The lowest BCUT2D eigenvalue weighted by molar-refractivity contribution is -0.275. The van der Waals surface area contributed by atoms with Crippen LogP contribution in [0.4, 0.5) is 0 Å². The SMILES string of the molecule is C=C(C)C1CC[C@]2(C)C[C@@H]1c1c(O)c3c(c(CCC(C)(C)Cl)c1O2)O[C@]12[C@H]4C[C@H](C(=O)[C@]1(C/C=C(/C)C(=O)O)OC4(C)C)C(O)C2(O)C3=O. The molecule has 11 heteroatoms. The van der Waals surface area contributed by atoms with Crippen LogP contribution in [0.3, 0.4) is 0 Å². The third kappa shape index (κ3) is 4.26. The lowest BCUT2D eigenvalue weighted by Crippen LogP contribution is -2.88. The van der Waals surface area contributed by atoms with Gasteiger partial charge in [0.2, 0.25) is 5.78 Å². The summed E-state index contributed by atoms with van der Waals surface area (Å²) in [5, 5.41) is 46.7. The molecule has 3 aliphatic heterocycles. The number of carbonyl (C=O) groups is 3. The van der Waals surface area contributed by atoms with E-state index in [-0.39, 0.29) is 53.7 Å². The number of benzene rings is 1. The maximum absolute atomic E-state index is 15.2. The van der Waals surface area contributed by atoms with Crippen molar-refractivity contribution in [2.75, 3.05) is 0 Å². The third-order valence-electron chi connectivity index (χ3n) is 12.8. The van der Waals surface area contributed by atoms with Gasteiger partial charge in [-0.3, -0.25) is 9.59 Å². The maximum Gasteiger partial charge on any atom is 0.330 e. The Kier molecular flexibility index (Phi) is 7.28. The summed E-state index contributed by atoms with van der Waals surface area (Å²) < 4.78 is 20.5. The van der Waals surface area contributed by atoms with Gasteiger partial charge in [-0.05, 0) is 92.9 Å². The van der Waals surface area contributed by atoms with E-state index in [0.717, 1.165) is 18.4 Å². The highest BCUT2D eigenvalue weighted by atomic mass is 35.5. The smallest absolute Gasteiger partial charge is 0.330 e. The lowest BCUT2D eigenvalue weighted by Gasteiger charge is -2.65. The molecule has 49 heavy (non-hydrogen) atoms. The molecule has 1 spiro atoms. The Labute approximate surface area is 291 Å². The second-order valence-electron chi connectivity index (χ2n) is 16.9. The number of phenolic OH excluding ortho intramolecular Hbond substituents is 1. The van der Waals surface area contributed by atoms with Gasteiger partial charge in [0.05, 0.1) is 11.5 Å². The lowest BCUT2D eigenvalue weighted by atomic mass is 9.43. The summed E-state index contributed by atoms with van der Waals surface area (Å²) in [5.41, 5.74) is -7.11. The van der Waals surface area contributed by atoms with Crippen molar-refractivity contribution >= 4 is 29.1 Å². The molecule has 0 aromatic heterocycles. The van der Waals surface area contributed by atoms with Crippen molar-refractivity contribution in [3.63, 3.8) is 0 Å². The number of carboxylic acid groups (broad SMARTS) is 1. The summed E-state index contributed by atoms with van der Waals surface area (Å²) in [5.74, 6) is -4.97. The van der Waals surface area contributed by atoms with Crippen LogP contribution in [-0.2, 0) is 20.7 Å². The topological polar surface area (TPSA) is 160 Å². The van der Waals surface area contributed by atoms with E-state index < -0.39 is 68.4 Å². The normalized spacial score (nSPS) is 39.8. The van der Waals surface area contributed by atoms with Gasteiger partial charge in [-0.1, -0.05) is 18.2 Å². The van der Waals surface area contributed by atoms with E-state index in [1.165, 1.54) is 13.0 Å². The molecule has 8 rings (SSSR count). The molecule has 6 bridgehead atoms. The number of aliphatic carboxylic acids is 1. The molecule has 4 aliphatic carbocycles. The molecule has 0 radical (unpaired) electrons. The van der Waals surface area contributed by atoms with E-state index in [1.54, 1.807) is 13.8 Å². The molecule has 0 amide bonds. The summed E-state index contributed by atoms with van der Waals surface area (Å²) in [6, 6.07) is 0. The first-order chi connectivity index (χ1) is 22.6. The number of halogens is 1. The minimum atomic E-state index is -2.72. The number of rotatable bonds is 7. The number of aliphatic hydroxyl groups is 2. The number of allylic oxidation sites excluding steroid dienone is 1. The van der Waals surface area contributed by atoms with Gasteiger partial charge in [0, 0.05) is 39.8 Å². The average Bonchev–Trinajstić information content (AvgIpc) is 3.12. The number of Topliss-reactive ketones (excluding diaryl/α,β-unsaturated/α-hetero) is 2. The van der Waals surface area contributed by atoms with Crippen LogP contribution in [0.5, 0.6) is 17.2 Å². The number of aromatic hydroxyl groups is 1. The quantitative estimate of drug-likeness (QED) is 0.162. The van der Waals surface area contributed by atoms with Crippen LogP contribution in [0.2, 0.25) is 0 Å². The first-order valence-corrected chi connectivity index (χ1v) is 17.7. The van der Waals surface area contributed by atoms with Gasteiger partial charge in [-0.15, -0.1) is 11.6 Å². The number of carbonyl (C=O) groups excluding carboxylic acids is 2. The Hall–Kier alpha value is -2.92. The molecular weight excluding hydrogens is 652 g/mol. The van der Waals surface area contributed by atoms with Crippen LogP contribution in [0.15, 0.2) is 23.8 Å². The first kappa shape index (κ1) is 34.5. The first-order valence-electron chi connectivity index (χ1n) is 17.3. The van der Waals surface area contributed by atoms with E-state index in [2.05, 4.69) is 6.58 Å². The van der Waals surface area contributed by atoms with E-state index in [0.29, 0.717) is 29.7 Å². The fourth-order valence-electron chi connectivity index (χ4n) is 10.4. The molecule has 266 valence electrons. The fourth-order valence-corrected chi connectivity index (χ4v) is 10.5. The molecule has 1 aromatic rings. The maximum atomic E-state index is 15.2. The Bertz CT molecular complexity index is 1750. The zero-order chi connectivity index (χ0) is 36.0. The summed E-state index contributed by atoms with van der Waals surface area (Å²) in [4.78, 5) is 40.9. The number of hydrogen-bond donors (Lipinski definition) is 4. The van der Waals surface area contributed by atoms with E-state index in [9.17, 15) is 30.0 Å². The summed E-state index contributed by atoms with van der Waals surface area (Å²) >= 11 is 6.74. The van der Waals surface area contributed by atoms with E-state index in [4.69, 9.17) is 25.8 Å². The van der Waals surface area contributed by atoms with Crippen LogP contribution in [-0.4, -0.2) is 76.9 Å². The molecule has 4 saturated carbocycles. The van der Waals surface area contributed by atoms with E-state index >= 15 is 4.79 Å². The minimum absolute atomic E-state index is 0.00230. The molecule has 1 aromatic carbocycles. The number of hydrogen-bond acceptors (Lipinski definition) is 9. The van der Waals surface area contributed by atoms with Crippen molar-refractivity contribution in [1.29, 1.82) is 0 Å². The van der Waals surface area contributed by atoms with Crippen LogP contribution >= 0.6 is 11.6 Å². The van der Waals surface area contributed by atoms with Crippen molar-refractivity contribution in [1.82, 2.24) is 0 Å². The fraction of sp³-hybridized carbons (Fsp3) is 0.658. The number of alkyl halides is 1. The van der Waals surface area contributed by atoms with Gasteiger partial charge in [-0.25, -0.2) is 4.79 Å². The molecule has 7 aliphatic rings. The Morgan fingerprint density at radius 2 is 1.80 bits per heavy atom. The Balaban J connectivity index is 1.55. The van der Waals surface area contributed by atoms with Crippen LogP contribution in [0.25, 0.3) is 0 Å². The van der Waals surface area contributed by atoms with Crippen molar-refractivity contribution < 1.29 is 49.0 Å². The monoisotopic (exact) mass is 698 g/mol. The van der Waals surface area contributed by atoms with Gasteiger partial charge in [0.1, 0.15) is 34.5 Å². The predicted octanol–water partition coefficient (Wildman–Crippen LogP) is 5.55. The molecular formula is C38H47ClO10. The number of ether oxygens (including phenoxy) is 3. The molecule has 9 atom stereocenters. The standard InChI is InChI=1S/C38H47ClO10/c1-17(2)19-11-13-35(8)16-22(19)24-26(40)25-28(20(27(24)47-35)10-12-33(4,5)39)48-38-23-15-21(30(42)37(38,46)31(25)43)29(41)36(38,49-34(23,6)7)14-9-18(3)32(44)45/h9,19,21-23,30,40,42,46H,1,10-16H2,2-8H3,(H,44,45)/b18-9-/t19?,21-,22+,23+,30?,35-,36+,37?,38-/m1/s1. The zero-order valence-corrected chi connectivity index (χ0v) is 30.0. The number of phenols is 1. The van der Waals surface area contributed by atoms with Gasteiger partial charge >= 0.3 is 5.97 Å². The van der Waals surface area contributed by atoms with Crippen LogP contribution < -0.4 is 9.47 Å². The second-order valence-corrected chi connectivity index (χ2v) is 17.9. The molecule has 10 nitrogen and oxygen atoms in total. The Morgan fingerprint density at radius 1 is 1.12 bits per heavy atom. The minimum Gasteiger partial charge on any atom is -0.507 e. The predicted molar refractivity (Wildman–Crippen MR) is 179 cm³/mol. The average molecular weight is 699 g/mol. The highest BCUT2D eigenvalue weighted by molar-refractivity contribution is 6.23. The van der Waals surface area contributed by atoms with Crippen molar-refractivity contribution in [3.8, 4) is 17.2 Å². The van der Waals surface area contributed by atoms with Crippen molar-refractivity contribution in [3.05, 3.63) is 40.5 Å². The third-order valence-corrected chi connectivity index (χ3v) is 13.0. The molecule has 3 heterocycles. The molecule has 4 N–H and O–H groups in total. The largest absolute Gasteiger partial charge is 0.507 e.